The molecule has 7 heteroatoms. The van der Waals surface area contributed by atoms with Crippen molar-refractivity contribution >= 4 is 42.3 Å². The summed E-state index contributed by atoms with van der Waals surface area (Å²) in [6.45, 7) is 4.42. The number of nitrogens with zero attached hydrogens (tertiary/aromatic N) is 1. The topological polar surface area (TPSA) is 54.0 Å². The quantitative estimate of drug-likeness (QED) is 0.792. The second kappa shape index (κ2) is 11.5. The van der Waals surface area contributed by atoms with Crippen molar-refractivity contribution in [1.29, 1.82) is 0 Å². The Morgan fingerprint density at radius 1 is 1.33 bits per heavy atom. The van der Waals surface area contributed by atoms with Gasteiger partial charge in [0.15, 0.2) is 0 Å². The molecule has 1 aromatic rings. The number of carbonyl (C=O) groups is 1. The summed E-state index contributed by atoms with van der Waals surface area (Å²) in [4.78, 5) is 15.5. The molecule has 0 radical (unpaired) electrons. The van der Waals surface area contributed by atoms with Crippen molar-refractivity contribution in [2.75, 3.05) is 19.6 Å². The summed E-state index contributed by atoms with van der Waals surface area (Å²) in [5.41, 5.74) is 0.465. The Hall–Kier alpha value is -0.550. The van der Waals surface area contributed by atoms with Crippen molar-refractivity contribution in [1.82, 2.24) is 15.6 Å². The van der Waals surface area contributed by atoms with Crippen LogP contribution in [0.5, 0.6) is 0 Å². The number of pyridine rings is 1. The average molecular weight is 315 g/mol. The summed E-state index contributed by atoms with van der Waals surface area (Å²) in [5.74, 6) is -0.161. The summed E-state index contributed by atoms with van der Waals surface area (Å²) in [5, 5.41) is 6.36. The smallest absolute Gasteiger partial charge is 0.252 e. The van der Waals surface area contributed by atoms with Crippen LogP contribution in [0.15, 0.2) is 18.5 Å². The first-order valence-electron chi connectivity index (χ1n) is 5.34. The number of hydrogen-bond donors (Lipinski definition) is 2. The van der Waals surface area contributed by atoms with Gasteiger partial charge in [0, 0.05) is 25.5 Å². The summed E-state index contributed by atoms with van der Waals surface area (Å²) < 4.78 is 0. The van der Waals surface area contributed by atoms with Crippen LogP contribution < -0.4 is 10.6 Å². The maximum Gasteiger partial charge on any atom is 0.252 e. The lowest BCUT2D eigenvalue weighted by molar-refractivity contribution is 0.0954. The Kier molecular flexibility index (Phi) is 12.7. The molecule has 0 saturated carbocycles. The van der Waals surface area contributed by atoms with Crippen molar-refractivity contribution in [3.63, 3.8) is 0 Å². The third-order valence-electron chi connectivity index (χ3n) is 2.03. The first kappa shape index (κ1) is 19.8. The third kappa shape index (κ3) is 7.01. The van der Waals surface area contributed by atoms with Gasteiger partial charge in [0.1, 0.15) is 0 Å². The van der Waals surface area contributed by atoms with Crippen molar-refractivity contribution in [2.45, 2.75) is 13.3 Å². The van der Waals surface area contributed by atoms with Crippen LogP contribution in [0, 0.1) is 0 Å². The van der Waals surface area contributed by atoms with Crippen LogP contribution in [0.1, 0.15) is 23.7 Å². The van der Waals surface area contributed by atoms with E-state index in [1.807, 2.05) is 0 Å². The maximum absolute atomic E-state index is 11.6. The van der Waals surface area contributed by atoms with Crippen molar-refractivity contribution in [3.05, 3.63) is 29.0 Å². The fourth-order valence-corrected chi connectivity index (χ4v) is 1.43. The van der Waals surface area contributed by atoms with Gasteiger partial charge in [-0.25, -0.2) is 0 Å². The SMILES string of the molecule is CCCNCCNC(=O)c1ccncc1Cl.Cl.Cl. The third-order valence-corrected chi connectivity index (χ3v) is 2.33. The Labute approximate surface area is 125 Å². The lowest BCUT2D eigenvalue weighted by Crippen LogP contribution is -2.32. The molecule has 0 aliphatic heterocycles. The monoisotopic (exact) mass is 313 g/mol. The zero-order valence-corrected chi connectivity index (χ0v) is 12.5. The number of aromatic nitrogens is 1. The molecule has 18 heavy (non-hydrogen) atoms. The summed E-state index contributed by atoms with van der Waals surface area (Å²) in [6, 6.07) is 1.61. The van der Waals surface area contributed by atoms with Gasteiger partial charge in [0.05, 0.1) is 10.6 Å². The van der Waals surface area contributed by atoms with E-state index in [1.165, 1.54) is 6.20 Å². The highest BCUT2D eigenvalue weighted by atomic mass is 35.5. The van der Waals surface area contributed by atoms with Crippen LogP contribution in [-0.4, -0.2) is 30.5 Å². The highest BCUT2D eigenvalue weighted by molar-refractivity contribution is 6.33. The normalized spacial score (nSPS) is 9.00. The van der Waals surface area contributed by atoms with E-state index in [0.29, 0.717) is 17.1 Å². The molecule has 0 aliphatic rings. The van der Waals surface area contributed by atoms with Crippen LogP contribution >= 0.6 is 36.4 Å². The number of carbonyl (C=O) groups excluding carboxylic acids is 1. The van der Waals surface area contributed by atoms with E-state index in [0.717, 1.165) is 19.5 Å². The van der Waals surface area contributed by atoms with Crippen molar-refractivity contribution in [3.8, 4) is 0 Å². The predicted octanol–water partition coefficient (Wildman–Crippen LogP) is 2.31. The van der Waals surface area contributed by atoms with E-state index in [4.69, 9.17) is 11.6 Å². The molecular weight excluding hydrogens is 296 g/mol. The van der Waals surface area contributed by atoms with Gasteiger partial charge in [-0.05, 0) is 19.0 Å². The van der Waals surface area contributed by atoms with Crippen molar-refractivity contribution in [2.24, 2.45) is 0 Å². The zero-order chi connectivity index (χ0) is 11.8. The lowest BCUT2D eigenvalue weighted by Gasteiger charge is -2.06. The standard InChI is InChI=1S/C11H16ClN3O.2ClH/c1-2-4-13-6-7-15-11(16)9-3-5-14-8-10(9)12;;/h3,5,8,13H,2,4,6-7H2,1H3,(H,15,16);2*1H. The highest BCUT2D eigenvalue weighted by Gasteiger charge is 2.08. The van der Waals surface area contributed by atoms with E-state index >= 15 is 0 Å². The van der Waals surface area contributed by atoms with Crippen LogP contribution in [-0.2, 0) is 0 Å². The largest absolute Gasteiger partial charge is 0.351 e. The molecule has 0 saturated heterocycles. The van der Waals surface area contributed by atoms with Gasteiger partial charge < -0.3 is 10.6 Å². The molecule has 0 atom stereocenters. The lowest BCUT2D eigenvalue weighted by atomic mass is 10.2. The Bertz CT molecular complexity index is 350. The van der Waals surface area contributed by atoms with E-state index in [2.05, 4.69) is 22.5 Å². The molecule has 0 spiro atoms. The van der Waals surface area contributed by atoms with Crippen LogP contribution in [0.3, 0.4) is 0 Å². The zero-order valence-electron chi connectivity index (χ0n) is 10.1. The molecule has 1 rings (SSSR count). The van der Waals surface area contributed by atoms with Gasteiger partial charge in [0.25, 0.3) is 5.91 Å². The van der Waals surface area contributed by atoms with Gasteiger partial charge in [-0.1, -0.05) is 18.5 Å². The van der Waals surface area contributed by atoms with E-state index in [-0.39, 0.29) is 30.7 Å². The number of amides is 1. The number of halogens is 3. The molecular formula is C11H18Cl3N3O. The number of nitrogens with one attached hydrogen (secondary N) is 2. The number of hydrogen-bond acceptors (Lipinski definition) is 3. The van der Waals surface area contributed by atoms with Gasteiger partial charge >= 0.3 is 0 Å². The Balaban J connectivity index is 0. The van der Waals surface area contributed by atoms with E-state index in [9.17, 15) is 4.79 Å². The summed E-state index contributed by atoms with van der Waals surface area (Å²) >= 11 is 5.84. The van der Waals surface area contributed by atoms with E-state index < -0.39 is 0 Å². The van der Waals surface area contributed by atoms with Gasteiger partial charge in [-0.3, -0.25) is 9.78 Å². The molecule has 0 aliphatic carbocycles. The molecule has 0 unspecified atom stereocenters. The van der Waals surface area contributed by atoms with Crippen LogP contribution in [0.4, 0.5) is 0 Å². The highest BCUT2D eigenvalue weighted by Crippen LogP contribution is 2.12. The second-order valence-electron chi connectivity index (χ2n) is 3.36. The summed E-state index contributed by atoms with van der Waals surface area (Å²) in [7, 11) is 0. The molecule has 104 valence electrons. The first-order valence-corrected chi connectivity index (χ1v) is 5.72. The Morgan fingerprint density at radius 3 is 2.67 bits per heavy atom. The molecule has 0 fully saturated rings. The average Bonchev–Trinajstić information content (AvgIpc) is 2.29. The second-order valence-corrected chi connectivity index (χ2v) is 3.77. The summed E-state index contributed by atoms with van der Waals surface area (Å²) in [6.07, 6.45) is 4.10. The van der Waals surface area contributed by atoms with Gasteiger partial charge in [0.2, 0.25) is 0 Å². The number of rotatable bonds is 6. The van der Waals surface area contributed by atoms with Gasteiger partial charge in [-0.2, -0.15) is 0 Å². The van der Waals surface area contributed by atoms with E-state index in [1.54, 1.807) is 12.3 Å². The molecule has 1 amide bonds. The fraction of sp³-hybridized carbons (Fsp3) is 0.455. The van der Waals surface area contributed by atoms with Crippen LogP contribution in [0.2, 0.25) is 5.02 Å². The Morgan fingerprint density at radius 2 is 2.06 bits per heavy atom. The van der Waals surface area contributed by atoms with Crippen LogP contribution in [0.25, 0.3) is 0 Å². The van der Waals surface area contributed by atoms with Gasteiger partial charge in [-0.15, -0.1) is 24.8 Å². The molecule has 1 aromatic heterocycles. The minimum absolute atomic E-state index is 0. The molecule has 4 nitrogen and oxygen atoms in total. The molecule has 1 heterocycles. The minimum atomic E-state index is -0.161. The predicted molar refractivity (Wildman–Crippen MR) is 79.2 cm³/mol. The molecule has 0 bridgehead atoms. The fourth-order valence-electron chi connectivity index (χ4n) is 1.22. The first-order chi connectivity index (χ1) is 7.75. The maximum atomic E-state index is 11.6. The van der Waals surface area contributed by atoms with Crippen molar-refractivity contribution < 1.29 is 4.79 Å². The molecule has 2 N–H and O–H groups in total. The minimum Gasteiger partial charge on any atom is -0.351 e. The molecule has 0 aromatic carbocycles.